The van der Waals surface area contributed by atoms with E-state index in [0.717, 1.165) is 30.7 Å². The average Bonchev–Trinajstić information content (AvgIpc) is 2.38. The number of halogens is 1. The number of nitrogens with two attached hydrogens (primary N) is 2. The molecule has 0 aliphatic carbocycles. The van der Waals surface area contributed by atoms with Crippen molar-refractivity contribution in [2.24, 2.45) is 11.5 Å². The third kappa shape index (κ3) is 11.8. The van der Waals surface area contributed by atoms with Gasteiger partial charge in [0.25, 0.3) is 0 Å². The monoisotopic (exact) mass is 318 g/mol. The lowest BCUT2D eigenvalue weighted by Gasteiger charge is -2.03. The lowest BCUT2D eigenvalue weighted by molar-refractivity contribution is 0.475. The molecule has 0 bridgehead atoms. The Morgan fingerprint density at radius 2 is 1.33 bits per heavy atom. The molecular weight excluding hydrogens is 296 g/mol. The zero-order valence-electron chi connectivity index (χ0n) is 10.5. The summed E-state index contributed by atoms with van der Waals surface area (Å²) in [6.07, 6.45) is 0. The molecule has 0 saturated carbocycles. The lowest BCUT2D eigenvalue weighted by atomic mass is 10.3. The molecule has 1 rings (SSSR count). The molecule has 0 fully saturated rings. The molecule has 104 valence electrons. The Morgan fingerprint density at radius 3 is 1.67 bits per heavy atom. The van der Waals surface area contributed by atoms with E-state index in [0.29, 0.717) is 18.8 Å². The van der Waals surface area contributed by atoms with Gasteiger partial charge in [0.05, 0.1) is 0 Å². The average molecular weight is 319 g/mol. The molecule has 0 aromatic heterocycles. The molecule has 1 aromatic rings. The maximum absolute atomic E-state index is 8.74. The van der Waals surface area contributed by atoms with Gasteiger partial charge in [-0.15, -0.1) is 0 Å². The van der Waals surface area contributed by atoms with Crippen molar-refractivity contribution in [3.05, 3.63) is 28.7 Å². The van der Waals surface area contributed by atoms with Crippen molar-refractivity contribution in [1.29, 1.82) is 0 Å². The minimum absolute atomic E-state index is 0.299. The van der Waals surface area contributed by atoms with E-state index in [1.54, 1.807) is 24.3 Å². The minimum atomic E-state index is 0.299. The van der Waals surface area contributed by atoms with Crippen LogP contribution in [0.3, 0.4) is 0 Å². The standard InChI is InChI=1S/C6H5BrO.C6H18N4/c7-5-1-3-6(8)4-2-5;7-1-3-9-5-6-10-4-2-8/h1-4,8H;9-10H,1-8H2. The van der Waals surface area contributed by atoms with Gasteiger partial charge >= 0.3 is 0 Å². The normalized spacial score (nSPS) is 9.72. The van der Waals surface area contributed by atoms with Gasteiger partial charge in [0.2, 0.25) is 0 Å². The molecule has 1 aromatic carbocycles. The van der Waals surface area contributed by atoms with Gasteiger partial charge in [-0.1, -0.05) is 15.9 Å². The van der Waals surface area contributed by atoms with Crippen LogP contribution in [-0.2, 0) is 0 Å². The van der Waals surface area contributed by atoms with Crippen LogP contribution in [0.4, 0.5) is 0 Å². The van der Waals surface area contributed by atoms with E-state index in [-0.39, 0.29) is 0 Å². The van der Waals surface area contributed by atoms with Crippen LogP contribution in [0, 0.1) is 0 Å². The van der Waals surface area contributed by atoms with Crippen molar-refractivity contribution < 1.29 is 5.11 Å². The third-order valence-corrected chi connectivity index (χ3v) is 2.48. The zero-order valence-corrected chi connectivity index (χ0v) is 12.1. The third-order valence-electron chi connectivity index (χ3n) is 1.95. The van der Waals surface area contributed by atoms with Gasteiger partial charge in [0, 0.05) is 43.7 Å². The fourth-order valence-electron chi connectivity index (χ4n) is 1.07. The number of phenols is 1. The Hall–Kier alpha value is -0.660. The van der Waals surface area contributed by atoms with Gasteiger partial charge in [-0.2, -0.15) is 0 Å². The second kappa shape index (κ2) is 12.8. The first-order valence-corrected chi connectivity index (χ1v) is 6.76. The molecule has 5 nitrogen and oxygen atoms in total. The van der Waals surface area contributed by atoms with Crippen LogP contribution in [0.15, 0.2) is 28.7 Å². The van der Waals surface area contributed by atoms with Crippen LogP contribution in [0.1, 0.15) is 0 Å². The Balaban J connectivity index is 0.000000327. The van der Waals surface area contributed by atoms with Crippen molar-refractivity contribution in [3.8, 4) is 5.75 Å². The Morgan fingerprint density at radius 1 is 0.889 bits per heavy atom. The molecule has 0 spiro atoms. The van der Waals surface area contributed by atoms with Crippen molar-refractivity contribution >= 4 is 15.9 Å². The van der Waals surface area contributed by atoms with E-state index in [2.05, 4.69) is 26.6 Å². The first-order chi connectivity index (χ1) is 8.70. The maximum Gasteiger partial charge on any atom is 0.115 e. The summed E-state index contributed by atoms with van der Waals surface area (Å²) >= 11 is 3.23. The van der Waals surface area contributed by atoms with E-state index < -0.39 is 0 Å². The molecule has 0 saturated heterocycles. The zero-order chi connectivity index (χ0) is 13.6. The summed E-state index contributed by atoms with van der Waals surface area (Å²) in [5, 5.41) is 15.1. The summed E-state index contributed by atoms with van der Waals surface area (Å²) in [7, 11) is 0. The van der Waals surface area contributed by atoms with Crippen molar-refractivity contribution in [2.75, 3.05) is 39.3 Å². The molecule has 0 amide bonds. The summed E-state index contributed by atoms with van der Waals surface area (Å²) in [5.74, 6) is 0.299. The Bertz CT molecular complexity index is 253. The Labute approximate surface area is 117 Å². The highest BCUT2D eigenvalue weighted by Gasteiger charge is 1.84. The van der Waals surface area contributed by atoms with Gasteiger partial charge in [0.15, 0.2) is 0 Å². The molecule has 0 radical (unpaired) electrons. The highest BCUT2D eigenvalue weighted by atomic mass is 79.9. The molecule has 0 unspecified atom stereocenters. The number of nitrogens with one attached hydrogen (secondary N) is 2. The number of hydrogen-bond donors (Lipinski definition) is 5. The second-order valence-electron chi connectivity index (χ2n) is 3.55. The summed E-state index contributed by atoms with van der Waals surface area (Å²) in [4.78, 5) is 0. The van der Waals surface area contributed by atoms with Gasteiger partial charge in [-0.05, 0) is 24.3 Å². The van der Waals surface area contributed by atoms with Gasteiger partial charge in [0.1, 0.15) is 5.75 Å². The number of rotatable bonds is 7. The molecule has 0 aliphatic rings. The summed E-state index contributed by atoms with van der Waals surface area (Å²) in [5.41, 5.74) is 10.5. The van der Waals surface area contributed by atoms with Crippen LogP contribution >= 0.6 is 15.9 Å². The minimum Gasteiger partial charge on any atom is -0.508 e. The predicted octanol–water partition coefficient (Wildman–Crippen LogP) is 0.238. The number of phenolic OH excluding ortho intramolecular Hbond substituents is 1. The van der Waals surface area contributed by atoms with E-state index in [9.17, 15) is 0 Å². The largest absolute Gasteiger partial charge is 0.508 e. The smallest absolute Gasteiger partial charge is 0.115 e. The summed E-state index contributed by atoms with van der Waals surface area (Å²) < 4.78 is 0.982. The highest BCUT2D eigenvalue weighted by Crippen LogP contribution is 2.13. The van der Waals surface area contributed by atoms with E-state index in [1.165, 1.54) is 0 Å². The van der Waals surface area contributed by atoms with Crippen molar-refractivity contribution in [1.82, 2.24) is 10.6 Å². The van der Waals surface area contributed by atoms with E-state index in [1.807, 2.05) is 0 Å². The van der Waals surface area contributed by atoms with Crippen LogP contribution in [0.2, 0.25) is 0 Å². The topological polar surface area (TPSA) is 96.3 Å². The lowest BCUT2D eigenvalue weighted by Crippen LogP contribution is -2.32. The first-order valence-electron chi connectivity index (χ1n) is 5.96. The summed E-state index contributed by atoms with van der Waals surface area (Å²) in [6, 6.07) is 6.83. The van der Waals surface area contributed by atoms with Gasteiger partial charge < -0.3 is 27.2 Å². The SMILES string of the molecule is NCCNCCNCCN.Oc1ccc(Br)cc1. The molecule has 18 heavy (non-hydrogen) atoms. The molecule has 6 heteroatoms. The summed E-state index contributed by atoms with van der Waals surface area (Å²) in [6.45, 7) is 5.14. The Kier molecular flexibility index (Phi) is 12.3. The quantitative estimate of drug-likeness (QED) is 0.464. The number of hydrogen-bond acceptors (Lipinski definition) is 5. The van der Waals surface area contributed by atoms with Gasteiger partial charge in [-0.3, -0.25) is 0 Å². The molecule has 0 atom stereocenters. The van der Waals surface area contributed by atoms with Crippen LogP contribution < -0.4 is 22.1 Å². The second-order valence-corrected chi connectivity index (χ2v) is 4.47. The number of aromatic hydroxyl groups is 1. The van der Waals surface area contributed by atoms with Crippen LogP contribution in [0.25, 0.3) is 0 Å². The van der Waals surface area contributed by atoms with E-state index >= 15 is 0 Å². The van der Waals surface area contributed by atoms with Crippen molar-refractivity contribution in [2.45, 2.75) is 0 Å². The van der Waals surface area contributed by atoms with Crippen LogP contribution in [0.5, 0.6) is 5.75 Å². The van der Waals surface area contributed by atoms with Crippen LogP contribution in [-0.4, -0.2) is 44.4 Å². The molecule has 7 N–H and O–H groups in total. The van der Waals surface area contributed by atoms with Crippen molar-refractivity contribution in [3.63, 3.8) is 0 Å². The molecular formula is C12H23BrN4O. The number of benzene rings is 1. The van der Waals surface area contributed by atoms with E-state index in [4.69, 9.17) is 16.6 Å². The maximum atomic E-state index is 8.74. The first kappa shape index (κ1) is 17.3. The fraction of sp³-hybridized carbons (Fsp3) is 0.500. The fourth-order valence-corrected chi connectivity index (χ4v) is 1.34. The highest BCUT2D eigenvalue weighted by molar-refractivity contribution is 9.10. The molecule has 0 aliphatic heterocycles. The molecule has 0 heterocycles. The predicted molar refractivity (Wildman–Crippen MR) is 79.7 cm³/mol. The van der Waals surface area contributed by atoms with Gasteiger partial charge in [-0.25, -0.2) is 0 Å².